The van der Waals surface area contributed by atoms with Crippen molar-refractivity contribution in [3.63, 3.8) is 0 Å². The quantitative estimate of drug-likeness (QED) is 0.540. The summed E-state index contributed by atoms with van der Waals surface area (Å²) in [6, 6.07) is 11.2. The Morgan fingerprint density at radius 2 is 1.84 bits per heavy atom. The van der Waals surface area contributed by atoms with Crippen LogP contribution in [0.5, 0.6) is 0 Å². The number of sulfone groups is 1. The number of hydrogen-bond donors (Lipinski definition) is 0. The number of aryl methyl sites for hydroxylation is 2. The van der Waals surface area contributed by atoms with E-state index in [1.807, 2.05) is 69.2 Å². The molecule has 2 heterocycles. The topological polar surface area (TPSA) is 70.8 Å². The number of benzene rings is 2. The van der Waals surface area contributed by atoms with Gasteiger partial charge in [-0.3, -0.25) is 4.79 Å². The van der Waals surface area contributed by atoms with Crippen LogP contribution in [0.2, 0.25) is 5.02 Å². The minimum atomic E-state index is -3.16. The van der Waals surface area contributed by atoms with Crippen LogP contribution in [0, 0.1) is 13.8 Å². The molecule has 6 nitrogen and oxygen atoms in total. The van der Waals surface area contributed by atoms with Gasteiger partial charge in [0.25, 0.3) is 5.91 Å². The van der Waals surface area contributed by atoms with Crippen molar-refractivity contribution >= 4 is 44.0 Å². The Morgan fingerprint density at radius 3 is 2.44 bits per heavy atom. The van der Waals surface area contributed by atoms with Gasteiger partial charge in [-0.1, -0.05) is 23.7 Å². The van der Waals surface area contributed by atoms with Crippen molar-refractivity contribution < 1.29 is 17.6 Å². The Kier molecular flexibility index (Phi) is 5.98. The van der Waals surface area contributed by atoms with Crippen molar-refractivity contribution in [3.05, 3.63) is 63.9 Å². The average molecular weight is 475 g/mol. The lowest BCUT2D eigenvalue weighted by Gasteiger charge is -2.28. The third-order valence-electron chi connectivity index (χ3n) is 6.13. The Hall–Kier alpha value is -2.51. The lowest BCUT2D eigenvalue weighted by molar-refractivity contribution is 0.0649. The second-order valence-electron chi connectivity index (χ2n) is 8.70. The van der Waals surface area contributed by atoms with E-state index in [0.717, 1.165) is 22.2 Å². The lowest BCUT2D eigenvalue weighted by Crippen LogP contribution is -2.40. The molecule has 1 aliphatic rings. The Bertz CT molecular complexity index is 1280. The Labute approximate surface area is 193 Å². The van der Waals surface area contributed by atoms with E-state index >= 15 is 0 Å². The van der Waals surface area contributed by atoms with Crippen molar-refractivity contribution in [2.75, 3.05) is 30.5 Å². The van der Waals surface area contributed by atoms with E-state index in [1.54, 1.807) is 4.90 Å². The lowest BCUT2D eigenvalue weighted by atomic mass is 10.1. The number of rotatable bonds is 5. The van der Waals surface area contributed by atoms with Gasteiger partial charge in [-0.2, -0.15) is 0 Å². The van der Waals surface area contributed by atoms with Crippen LogP contribution in [0.3, 0.4) is 0 Å². The van der Waals surface area contributed by atoms with Crippen LogP contribution in [0.1, 0.15) is 33.7 Å². The molecule has 1 saturated heterocycles. The molecular weight excluding hydrogens is 448 g/mol. The zero-order valence-electron chi connectivity index (χ0n) is 18.7. The second kappa shape index (κ2) is 8.45. The number of halogens is 1. The number of anilines is 1. The van der Waals surface area contributed by atoms with Crippen LogP contribution in [0.25, 0.3) is 11.0 Å². The van der Waals surface area contributed by atoms with Crippen molar-refractivity contribution in [2.24, 2.45) is 0 Å². The summed E-state index contributed by atoms with van der Waals surface area (Å²) in [5, 5.41) is 1.40. The fourth-order valence-corrected chi connectivity index (χ4v) is 6.05. The minimum Gasteiger partial charge on any atom is -0.451 e. The first kappa shape index (κ1) is 22.7. The minimum absolute atomic E-state index is 0.0290. The van der Waals surface area contributed by atoms with E-state index in [-0.39, 0.29) is 29.2 Å². The number of hydrogen-bond acceptors (Lipinski definition) is 5. The van der Waals surface area contributed by atoms with Crippen molar-refractivity contribution in [1.82, 2.24) is 4.90 Å². The highest BCUT2D eigenvalue weighted by Gasteiger charge is 2.36. The van der Waals surface area contributed by atoms with E-state index in [4.69, 9.17) is 16.0 Å². The van der Waals surface area contributed by atoms with Gasteiger partial charge in [0.15, 0.2) is 15.6 Å². The van der Waals surface area contributed by atoms with Gasteiger partial charge < -0.3 is 14.2 Å². The highest BCUT2D eigenvalue weighted by atomic mass is 35.5. The number of amides is 1. The van der Waals surface area contributed by atoms with Crippen molar-refractivity contribution in [3.8, 4) is 0 Å². The standard InChI is InChI=1S/C24H27ClN2O4S/c1-15-11-22-20(12-21(15)25)16(2)23(31-22)24(28)27(19-9-10-32(29,30)14-19)13-17-5-7-18(8-6-17)26(3)4/h5-8,11-12,19H,9-10,13-14H2,1-4H3/t19-/m1/s1. The first-order valence-electron chi connectivity index (χ1n) is 10.5. The van der Waals surface area contributed by atoms with Crippen molar-refractivity contribution in [1.29, 1.82) is 0 Å². The zero-order valence-corrected chi connectivity index (χ0v) is 20.3. The molecule has 32 heavy (non-hydrogen) atoms. The number of furan rings is 1. The molecule has 170 valence electrons. The number of carbonyl (C=O) groups is 1. The Morgan fingerprint density at radius 1 is 1.16 bits per heavy atom. The van der Waals surface area contributed by atoms with Gasteiger partial charge in [0, 0.05) is 48.3 Å². The van der Waals surface area contributed by atoms with E-state index in [1.165, 1.54) is 0 Å². The summed E-state index contributed by atoms with van der Waals surface area (Å²) in [6.45, 7) is 4.03. The maximum absolute atomic E-state index is 13.7. The molecule has 1 atom stereocenters. The zero-order chi connectivity index (χ0) is 23.2. The maximum atomic E-state index is 13.7. The molecule has 1 amide bonds. The van der Waals surface area contributed by atoms with Gasteiger partial charge in [-0.15, -0.1) is 0 Å². The van der Waals surface area contributed by atoms with E-state index in [2.05, 4.69) is 0 Å². The molecule has 2 aromatic carbocycles. The van der Waals surface area contributed by atoms with Crippen molar-refractivity contribution in [2.45, 2.75) is 32.9 Å². The van der Waals surface area contributed by atoms with Gasteiger partial charge in [0.05, 0.1) is 11.5 Å². The molecule has 1 fully saturated rings. The SMILES string of the molecule is Cc1cc2oc(C(=O)N(Cc3ccc(N(C)C)cc3)[C@@H]3CCS(=O)(=O)C3)c(C)c2cc1Cl. The van der Waals surface area contributed by atoms with Crippen LogP contribution >= 0.6 is 11.6 Å². The molecule has 4 rings (SSSR count). The third-order valence-corrected chi connectivity index (χ3v) is 8.28. The van der Waals surface area contributed by atoms with Crippen LogP contribution in [0.4, 0.5) is 5.69 Å². The summed E-state index contributed by atoms with van der Waals surface area (Å²) < 4.78 is 30.3. The molecule has 0 saturated carbocycles. The molecule has 0 N–H and O–H groups in total. The summed E-state index contributed by atoms with van der Waals surface area (Å²) in [5.41, 5.74) is 4.16. The normalized spacial score (nSPS) is 17.6. The van der Waals surface area contributed by atoms with Crippen LogP contribution in [-0.2, 0) is 16.4 Å². The smallest absolute Gasteiger partial charge is 0.290 e. The van der Waals surface area contributed by atoms with Gasteiger partial charge in [-0.25, -0.2) is 8.42 Å². The van der Waals surface area contributed by atoms with Gasteiger partial charge >= 0.3 is 0 Å². The molecule has 3 aromatic rings. The van der Waals surface area contributed by atoms with Gasteiger partial charge in [0.1, 0.15) is 5.58 Å². The molecular formula is C24H27ClN2O4S. The molecule has 0 spiro atoms. The van der Waals surface area contributed by atoms with E-state index in [0.29, 0.717) is 29.1 Å². The second-order valence-corrected chi connectivity index (χ2v) is 11.3. The molecule has 0 bridgehead atoms. The molecule has 0 unspecified atom stereocenters. The number of nitrogens with zero attached hydrogens (tertiary/aromatic N) is 2. The van der Waals surface area contributed by atoms with Crippen LogP contribution in [-0.4, -0.2) is 50.9 Å². The monoisotopic (exact) mass is 474 g/mol. The van der Waals surface area contributed by atoms with Gasteiger partial charge in [-0.05, 0) is 55.7 Å². The summed E-state index contributed by atoms with van der Waals surface area (Å²) in [5.74, 6) is -0.00431. The third kappa shape index (κ3) is 4.36. The first-order valence-corrected chi connectivity index (χ1v) is 12.7. The number of fused-ring (bicyclic) bond motifs is 1. The molecule has 1 aliphatic heterocycles. The van der Waals surface area contributed by atoms with Crippen LogP contribution in [0.15, 0.2) is 40.8 Å². The average Bonchev–Trinajstić information content (AvgIpc) is 3.25. The van der Waals surface area contributed by atoms with Gasteiger partial charge in [0.2, 0.25) is 0 Å². The molecule has 1 aromatic heterocycles. The maximum Gasteiger partial charge on any atom is 0.290 e. The summed E-state index contributed by atoms with van der Waals surface area (Å²) in [4.78, 5) is 17.3. The Balaban J connectivity index is 1.72. The number of carbonyl (C=O) groups excluding carboxylic acids is 1. The molecule has 8 heteroatoms. The predicted octanol–water partition coefficient (Wildman–Crippen LogP) is 4.60. The highest BCUT2D eigenvalue weighted by Crippen LogP contribution is 2.32. The van der Waals surface area contributed by atoms with E-state index < -0.39 is 9.84 Å². The van der Waals surface area contributed by atoms with Crippen LogP contribution < -0.4 is 4.90 Å². The molecule has 0 radical (unpaired) electrons. The fourth-order valence-electron chi connectivity index (χ4n) is 4.16. The highest BCUT2D eigenvalue weighted by molar-refractivity contribution is 7.91. The predicted molar refractivity (Wildman–Crippen MR) is 128 cm³/mol. The molecule has 0 aliphatic carbocycles. The largest absolute Gasteiger partial charge is 0.451 e. The summed E-state index contributed by atoms with van der Waals surface area (Å²) in [6.07, 6.45) is 0.425. The first-order chi connectivity index (χ1) is 15.1. The fraction of sp³-hybridized carbons (Fsp3) is 0.375. The summed E-state index contributed by atoms with van der Waals surface area (Å²) >= 11 is 6.28. The summed E-state index contributed by atoms with van der Waals surface area (Å²) in [7, 11) is 0.769. The van der Waals surface area contributed by atoms with E-state index in [9.17, 15) is 13.2 Å².